The number of benzene rings is 1. The van der Waals surface area contributed by atoms with Gasteiger partial charge in [0.25, 0.3) is 0 Å². The first-order chi connectivity index (χ1) is 9.87. The highest BCUT2D eigenvalue weighted by molar-refractivity contribution is 6.30. The van der Waals surface area contributed by atoms with Gasteiger partial charge in [0.05, 0.1) is 7.11 Å². The number of carbonyl (C=O) groups is 1. The first-order valence-corrected chi connectivity index (χ1v) is 7.87. The number of rotatable bonds is 3. The fraction of sp³-hybridized carbons (Fsp3) is 0.588. The number of hydrogen-bond donors (Lipinski definition) is 1. The van der Waals surface area contributed by atoms with Gasteiger partial charge < -0.3 is 10.1 Å². The van der Waals surface area contributed by atoms with Gasteiger partial charge in [-0.25, -0.2) is 4.79 Å². The molecule has 1 unspecified atom stereocenters. The Hall–Kier alpha value is -1.22. The van der Waals surface area contributed by atoms with Crippen LogP contribution < -0.4 is 5.32 Å². The lowest BCUT2D eigenvalue weighted by atomic mass is 9.83. The smallest absolute Gasteiger partial charge is 0.331 e. The SMILES string of the molecule is COC(=O)C1(Nc2cccc(Cl)c2)CCCC(C)(C)CC1. The summed E-state index contributed by atoms with van der Waals surface area (Å²) in [5, 5.41) is 4.07. The second-order valence-electron chi connectivity index (χ2n) is 6.73. The molecular weight excluding hydrogens is 286 g/mol. The van der Waals surface area contributed by atoms with Crippen LogP contribution >= 0.6 is 11.6 Å². The first-order valence-electron chi connectivity index (χ1n) is 7.49. The fourth-order valence-corrected chi connectivity index (χ4v) is 3.28. The molecule has 1 aliphatic carbocycles. The molecule has 0 saturated heterocycles. The summed E-state index contributed by atoms with van der Waals surface area (Å²) in [6.07, 6.45) is 4.70. The van der Waals surface area contributed by atoms with Crippen LogP contribution in [-0.4, -0.2) is 18.6 Å². The molecule has 1 atom stereocenters. The topological polar surface area (TPSA) is 38.3 Å². The van der Waals surface area contributed by atoms with Crippen molar-refractivity contribution in [2.45, 2.75) is 51.5 Å². The molecular formula is C17H24ClNO2. The Bertz CT molecular complexity index is 515. The Kier molecular flexibility index (Phi) is 4.82. The van der Waals surface area contributed by atoms with E-state index in [-0.39, 0.29) is 11.4 Å². The molecule has 0 aliphatic heterocycles. The Morgan fingerprint density at radius 1 is 1.24 bits per heavy atom. The standard InChI is InChI=1S/C17H24ClNO2/c1-16(2)8-5-9-17(11-10-16,15(20)21-3)19-14-7-4-6-13(18)12-14/h4,6-7,12,19H,5,8-11H2,1-3H3. The summed E-state index contributed by atoms with van der Waals surface area (Å²) >= 11 is 6.04. The number of halogens is 1. The lowest BCUT2D eigenvalue weighted by Crippen LogP contribution is -2.47. The number of ether oxygens (including phenoxy) is 1. The highest BCUT2D eigenvalue weighted by Crippen LogP contribution is 2.40. The molecule has 1 saturated carbocycles. The van der Waals surface area contributed by atoms with Gasteiger partial charge in [-0.3, -0.25) is 0 Å². The summed E-state index contributed by atoms with van der Waals surface area (Å²) < 4.78 is 5.08. The highest BCUT2D eigenvalue weighted by Gasteiger charge is 2.42. The molecule has 116 valence electrons. The van der Waals surface area contributed by atoms with E-state index in [9.17, 15) is 4.79 Å². The zero-order valence-corrected chi connectivity index (χ0v) is 13.8. The average Bonchev–Trinajstić information content (AvgIpc) is 2.58. The second kappa shape index (κ2) is 6.27. The van der Waals surface area contributed by atoms with E-state index >= 15 is 0 Å². The van der Waals surface area contributed by atoms with E-state index in [2.05, 4.69) is 19.2 Å². The molecule has 0 heterocycles. The van der Waals surface area contributed by atoms with Gasteiger partial charge in [-0.15, -0.1) is 0 Å². The minimum Gasteiger partial charge on any atom is -0.467 e. The summed E-state index contributed by atoms with van der Waals surface area (Å²) in [6.45, 7) is 4.53. The molecule has 1 aromatic rings. The molecule has 2 rings (SSSR count). The molecule has 0 spiro atoms. The van der Waals surface area contributed by atoms with Crippen molar-refractivity contribution in [2.24, 2.45) is 5.41 Å². The van der Waals surface area contributed by atoms with Crippen LogP contribution in [0.15, 0.2) is 24.3 Å². The Balaban J connectivity index is 2.27. The molecule has 3 nitrogen and oxygen atoms in total. The first kappa shape index (κ1) is 16.2. The van der Waals surface area contributed by atoms with Gasteiger partial charge in [0.15, 0.2) is 0 Å². The van der Waals surface area contributed by atoms with E-state index in [1.54, 1.807) is 0 Å². The summed E-state index contributed by atoms with van der Waals surface area (Å²) in [4.78, 5) is 12.4. The van der Waals surface area contributed by atoms with E-state index in [1.165, 1.54) is 7.11 Å². The van der Waals surface area contributed by atoms with Crippen LogP contribution in [0.5, 0.6) is 0 Å². The third-order valence-corrected chi connectivity index (χ3v) is 4.71. The van der Waals surface area contributed by atoms with Crippen LogP contribution in [0.25, 0.3) is 0 Å². The van der Waals surface area contributed by atoms with Crippen LogP contribution in [0, 0.1) is 5.41 Å². The number of methoxy groups -OCH3 is 1. The summed E-state index contributed by atoms with van der Waals surface area (Å²) in [6, 6.07) is 7.50. The summed E-state index contributed by atoms with van der Waals surface area (Å²) in [5.74, 6) is -0.180. The lowest BCUT2D eigenvalue weighted by Gasteiger charge is -2.32. The molecule has 0 radical (unpaired) electrons. The van der Waals surface area contributed by atoms with Gasteiger partial charge in [0, 0.05) is 10.7 Å². The third-order valence-electron chi connectivity index (χ3n) is 4.47. The predicted octanol–water partition coefficient (Wildman–Crippen LogP) is 4.65. The molecule has 4 heteroatoms. The monoisotopic (exact) mass is 309 g/mol. The molecule has 1 N–H and O–H groups in total. The van der Waals surface area contributed by atoms with Crippen molar-refractivity contribution in [3.8, 4) is 0 Å². The fourth-order valence-electron chi connectivity index (χ4n) is 3.09. The van der Waals surface area contributed by atoms with E-state index in [0.29, 0.717) is 5.02 Å². The van der Waals surface area contributed by atoms with Gasteiger partial charge in [0.1, 0.15) is 5.54 Å². The van der Waals surface area contributed by atoms with Gasteiger partial charge in [-0.05, 0) is 55.7 Å². The Morgan fingerprint density at radius 2 is 2.00 bits per heavy atom. The lowest BCUT2D eigenvalue weighted by molar-refractivity contribution is -0.146. The molecule has 0 bridgehead atoms. The second-order valence-corrected chi connectivity index (χ2v) is 7.16. The normalized spacial score (nSPS) is 25.0. The maximum absolute atomic E-state index is 12.4. The maximum Gasteiger partial charge on any atom is 0.331 e. The van der Waals surface area contributed by atoms with Gasteiger partial charge in [-0.1, -0.05) is 31.5 Å². The van der Waals surface area contributed by atoms with Gasteiger partial charge >= 0.3 is 5.97 Å². The minimum absolute atomic E-state index is 0.180. The number of hydrogen-bond acceptors (Lipinski definition) is 3. The highest BCUT2D eigenvalue weighted by atomic mass is 35.5. The molecule has 1 fully saturated rings. The quantitative estimate of drug-likeness (QED) is 0.652. The van der Waals surface area contributed by atoms with Crippen LogP contribution in [0.2, 0.25) is 5.02 Å². The van der Waals surface area contributed by atoms with E-state index in [0.717, 1.165) is 37.8 Å². The van der Waals surface area contributed by atoms with Crippen LogP contribution in [0.4, 0.5) is 5.69 Å². The van der Waals surface area contributed by atoms with Gasteiger partial charge in [0.2, 0.25) is 0 Å². The summed E-state index contributed by atoms with van der Waals surface area (Å²) in [5.41, 5.74) is 0.492. The van der Waals surface area contributed by atoms with Crippen LogP contribution in [-0.2, 0) is 9.53 Å². The third kappa shape index (κ3) is 3.91. The van der Waals surface area contributed by atoms with E-state index < -0.39 is 5.54 Å². The molecule has 21 heavy (non-hydrogen) atoms. The number of nitrogens with one attached hydrogen (secondary N) is 1. The predicted molar refractivity (Wildman–Crippen MR) is 86.7 cm³/mol. The van der Waals surface area contributed by atoms with E-state index in [4.69, 9.17) is 16.3 Å². The largest absolute Gasteiger partial charge is 0.467 e. The number of carbonyl (C=O) groups excluding carboxylic acids is 1. The molecule has 1 aromatic carbocycles. The van der Waals surface area contributed by atoms with Crippen molar-refractivity contribution in [3.63, 3.8) is 0 Å². The summed E-state index contributed by atoms with van der Waals surface area (Å²) in [7, 11) is 1.46. The molecule has 1 aliphatic rings. The van der Waals surface area contributed by atoms with Crippen molar-refractivity contribution in [1.82, 2.24) is 0 Å². The average molecular weight is 310 g/mol. The van der Waals surface area contributed by atoms with Crippen molar-refractivity contribution >= 4 is 23.3 Å². The van der Waals surface area contributed by atoms with Gasteiger partial charge in [-0.2, -0.15) is 0 Å². The van der Waals surface area contributed by atoms with Crippen molar-refractivity contribution in [3.05, 3.63) is 29.3 Å². The molecule has 0 amide bonds. The van der Waals surface area contributed by atoms with Crippen LogP contribution in [0.3, 0.4) is 0 Å². The number of esters is 1. The van der Waals surface area contributed by atoms with Crippen molar-refractivity contribution in [2.75, 3.05) is 12.4 Å². The number of anilines is 1. The zero-order chi connectivity index (χ0) is 15.5. The van der Waals surface area contributed by atoms with Crippen LogP contribution in [0.1, 0.15) is 46.0 Å². The minimum atomic E-state index is -0.646. The molecule has 0 aromatic heterocycles. The zero-order valence-electron chi connectivity index (χ0n) is 13.0. The van der Waals surface area contributed by atoms with Crippen molar-refractivity contribution in [1.29, 1.82) is 0 Å². The Labute approximate surface area is 132 Å². The maximum atomic E-state index is 12.4. The van der Waals surface area contributed by atoms with E-state index in [1.807, 2.05) is 24.3 Å². The van der Waals surface area contributed by atoms with Crippen molar-refractivity contribution < 1.29 is 9.53 Å². The Morgan fingerprint density at radius 3 is 2.67 bits per heavy atom.